The van der Waals surface area contributed by atoms with Gasteiger partial charge in [0.25, 0.3) is 5.91 Å². The standard InChI is InChI=1S/C25H25BrN2O4/c1-32-25(31)21(16-17-8-4-2-5-9-17)28-24(30)23(29)22(18-10-6-3-7-11-18)27-20-14-12-19(26)13-15-20/h2-15,21-23,27,29H,16H2,1H3,(H,28,30)/t21-,22+,23+/m0/s1. The van der Waals surface area contributed by atoms with Crippen molar-refractivity contribution in [3.8, 4) is 0 Å². The van der Waals surface area contributed by atoms with Gasteiger partial charge in [0.15, 0.2) is 6.10 Å². The molecule has 0 radical (unpaired) electrons. The Labute approximate surface area is 195 Å². The van der Waals surface area contributed by atoms with E-state index in [0.717, 1.165) is 21.3 Å². The summed E-state index contributed by atoms with van der Waals surface area (Å²) in [4.78, 5) is 25.3. The smallest absolute Gasteiger partial charge is 0.328 e. The number of rotatable bonds is 9. The molecule has 7 heteroatoms. The zero-order valence-electron chi connectivity index (χ0n) is 17.6. The van der Waals surface area contributed by atoms with Gasteiger partial charge in [-0.15, -0.1) is 0 Å². The zero-order valence-corrected chi connectivity index (χ0v) is 19.2. The number of hydrogen-bond donors (Lipinski definition) is 3. The van der Waals surface area contributed by atoms with Crippen LogP contribution in [0.5, 0.6) is 0 Å². The number of esters is 1. The predicted octanol–water partition coefficient (Wildman–Crippen LogP) is 3.86. The molecule has 0 aliphatic rings. The van der Waals surface area contributed by atoms with Crippen molar-refractivity contribution in [3.05, 3.63) is 101 Å². The number of halogens is 1. The van der Waals surface area contributed by atoms with Crippen LogP contribution in [0.4, 0.5) is 5.69 Å². The maximum absolute atomic E-state index is 13.0. The van der Waals surface area contributed by atoms with Crippen LogP contribution in [0.1, 0.15) is 17.2 Å². The number of anilines is 1. The van der Waals surface area contributed by atoms with Gasteiger partial charge in [0.05, 0.1) is 13.2 Å². The molecular formula is C25H25BrN2O4. The fraction of sp³-hybridized carbons (Fsp3) is 0.200. The first-order valence-corrected chi connectivity index (χ1v) is 10.9. The van der Waals surface area contributed by atoms with Gasteiger partial charge in [-0.25, -0.2) is 4.79 Å². The van der Waals surface area contributed by atoms with Crippen molar-refractivity contribution in [2.75, 3.05) is 12.4 Å². The quantitative estimate of drug-likeness (QED) is 0.391. The number of carbonyl (C=O) groups excluding carboxylic acids is 2. The third kappa shape index (κ3) is 6.42. The second kappa shape index (κ2) is 11.5. The molecule has 0 unspecified atom stereocenters. The fourth-order valence-corrected chi connectivity index (χ4v) is 3.59. The van der Waals surface area contributed by atoms with Crippen molar-refractivity contribution in [2.24, 2.45) is 0 Å². The molecular weight excluding hydrogens is 472 g/mol. The Morgan fingerprint density at radius 2 is 1.53 bits per heavy atom. The van der Waals surface area contributed by atoms with Crippen molar-refractivity contribution >= 4 is 33.5 Å². The Kier molecular flexibility index (Phi) is 8.41. The summed E-state index contributed by atoms with van der Waals surface area (Å²) in [7, 11) is 1.27. The Morgan fingerprint density at radius 1 is 0.938 bits per heavy atom. The average molecular weight is 497 g/mol. The molecule has 6 nitrogen and oxygen atoms in total. The van der Waals surface area contributed by atoms with Gasteiger partial charge < -0.3 is 20.5 Å². The van der Waals surface area contributed by atoms with E-state index >= 15 is 0 Å². The molecule has 0 aromatic heterocycles. The predicted molar refractivity (Wildman–Crippen MR) is 127 cm³/mol. The summed E-state index contributed by atoms with van der Waals surface area (Å²) >= 11 is 3.40. The number of hydrogen-bond acceptors (Lipinski definition) is 5. The summed E-state index contributed by atoms with van der Waals surface area (Å²) in [5, 5.41) is 16.9. The lowest BCUT2D eigenvalue weighted by Crippen LogP contribution is -2.49. The average Bonchev–Trinajstić information content (AvgIpc) is 2.83. The minimum absolute atomic E-state index is 0.252. The highest BCUT2D eigenvalue weighted by Crippen LogP contribution is 2.24. The molecule has 166 valence electrons. The van der Waals surface area contributed by atoms with E-state index in [1.165, 1.54) is 7.11 Å². The van der Waals surface area contributed by atoms with Crippen LogP contribution in [-0.2, 0) is 20.7 Å². The molecule has 3 aromatic rings. The van der Waals surface area contributed by atoms with Crippen molar-refractivity contribution in [1.82, 2.24) is 5.32 Å². The number of amides is 1. The number of benzene rings is 3. The molecule has 0 saturated carbocycles. The summed E-state index contributed by atoms with van der Waals surface area (Å²) in [5.41, 5.74) is 2.34. The van der Waals surface area contributed by atoms with E-state index in [0.29, 0.717) is 0 Å². The van der Waals surface area contributed by atoms with Crippen LogP contribution in [0.3, 0.4) is 0 Å². The molecule has 32 heavy (non-hydrogen) atoms. The number of aliphatic hydroxyl groups excluding tert-OH is 1. The van der Waals surface area contributed by atoms with Gasteiger partial charge in [0.1, 0.15) is 6.04 Å². The van der Waals surface area contributed by atoms with Crippen molar-refractivity contribution in [3.63, 3.8) is 0 Å². The number of nitrogens with one attached hydrogen (secondary N) is 2. The van der Waals surface area contributed by atoms with Crippen molar-refractivity contribution in [1.29, 1.82) is 0 Å². The van der Waals surface area contributed by atoms with Gasteiger partial charge in [-0.3, -0.25) is 4.79 Å². The van der Waals surface area contributed by atoms with Crippen molar-refractivity contribution in [2.45, 2.75) is 24.6 Å². The summed E-state index contributed by atoms with van der Waals surface area (Å²) in [5.74, 6) is -1.25. The molecule has 3 atom stereocenters. The number of ether oxygens (including phenoxy) is 1. The Morgan fingerprint density at radius 3 is 2.12 bits per heavy atom. The highest BCUT2D eigenvalue weighted by atomic mass is 79.9. The largest absolute Gasteiger partial charge is 0.467 e. The molecule has 0 spiro atoms. The van der Waals surface area contributed by atoms with E-state index in [2.05, 4.69) is 26.6 Å². The van der Waals surface area contributed by atoms with Crippen molar-refractivity contribution < 1.29 is 19.4 Å². The highest BCUT2D eigenvalue weighted by molar-refractivity contribution is 9.10. The molecule has 3 aromatic carbocycles. The highest BCUT2D eigenvalue weighted by Gasteiger charge is 2.31. The van der Waals surface area contributed by atoms with Gasteiger partial charge in [0, 0.05) is 16.6 Å². The van der Waals surface area contributed by atoms with E-state index in [-0.39, 0.29) is 6.42 Å². The summed E-state index contributed by atoms with van der Waals surface area (Å²) in [6.07, 6.45) is -1.20. The van der Waals surface area contributed by atoms with Crippen LogP contribution in [-0.4, -0.2) is 36.2 Å². The fourth-order valence-electron chi connectivity index (χ4n) is 3.32. The van der Waals surface area contributed by atoms with E-state index < -0.39 is 30.1 Å². The molecule has 0 saturated heterocycles. The third-order valence-corrected chi connectivity index (χ3v) is 5.52. The maximum atomic E-state index is 13.0. The molecule has 3 rings (SSSR count). The first-order chi connectivity index (χ1) is 15.5. The number of carbonyl (C=O) groups is 2. The van der Waals surface area contributed by atoms with Crippen LogP contribution < -0.4 is 10.6 Å². The summed E-state index contributed by atoms with van der Waals surface area (Å²) < 4.78 is 5.78. The summed E-state index contributed by atoms with van der Waals surface area (Å²) in [6.45, 7) is 0. The molecule has 0 fully saturated rings. The van der Waals surface area contributed by atoms with Gasteiger partial charge in [-0.1, -0.05) is 76.6 Å². The van der Waals surface area contributed by atoms with E-state index in [1.807, 2.05) is 84.9 Å². The lowest BCUT2D eigenvalue weighted by Gasteiger charge is -2.26. The van der Waals surface area contributed by atoms with Crippen LogP contribution in [0, 0.1) is 0 Å². The number of methoxy groups -OCH3 is 1. The normalized spacial score (nSPS) is 13.5. The van der Waals surface area contributed by atoms with E-state index in [1.54, 1.807) is 0 Å². The van der Waals surface area contributed by atoms with E-state index in [9.17, 15) is 14.7 Å². The maximum Gasteiger partial charge on any atom is 0.328 e. The van der Waals surface area contributed by atoms with Gasteiger partial charge >= 0.3 is 5.97 Å². The Bertz CT molecular complexity index is 1010. The number of aliphatic hydroxyl groups is 1. The monoisotopic (exact) mass is 496 g/mol. The topological polar surface area (TPSA) is 87.7 Å². The SMILES string of the molecule is COC(=O)[C@H](Cc1ccccc1)NC(=O)[C@H](O)[C@H](Nc1ccc(Br)cc1)c1ccccc1. The van der Waals surface area contributed by atoms with Gasteiger partial charge in [-0.2, -0.15) is 0 Å². The first-order valence-electron chi connectivity index (χ1n) is 10.1. The van der Waals surface area contributed by atoms with Crippen LogP contribution >= 0.6 is 15.9 Å². The molecule has 0 bridgehead atoms. The third-order valence-electron chi connectivity index (χ3n) is 4.99. The minimum Gasteiger partial charge on any atom is -0.467 e. The second-order valence-electron chi connectivity index (χ2n) is 7.26. The lowest BCUT2D eigenvalue weighted by molar-refractivity contribution is -0.146. The molecule has 0 aliphatic carbocycles. The van der Waals surface area contributed by atoms with Crippen LogP contribution in [0.2, 0.25) is 0 Å². The Balaban J connectivity index is 1.80. The lowest BCUT2D eigenvalue weighted by atomic mass is 9.99. The summed E-state index contributed by atoms with van der Waals surface area (Å²) in [6, 6.07) is 24.3. The van der Waals surface area contributed by atoms with Gasteiger partial charge in [-0.05, 0) is 35.4 Å². The van der Waals surface area contributed by atoms with Gasteiger partial charge in [0.2, 0.25) is 0 Å². The second-order valence-corrected chi connectivity index (χ2v) is 8.17. The molecule has 0 heterocycles. The molecule has 3 N–H and O–H groups in total. The molecule has 1 amide bonds. The minimum atomic E-state index is -1.45. The first kappa shape index (κ1) is 23.5. The van der Waals surface area contributed by atoms with Crippen LogP contribution in [0.25, 0.3) is 0 Å². The van der Waals surface area contributed by atoms with Crippen LogP contribution in [0.15, 0.2) is 89.4 Å². The molecule has 0 aliphatic heterocycles. The zero-order chi connectivity index (χ0) is 22.9. The Hall–Kier alpha value is -3.16. The van der Waals surface area contributed by atoms with E-state index in [4.69, 9.17) is 4.74 Å².